The standard InChI is InChI=1S/C13H20N4O2/c1-8-5-9(6-12(15-8)17-14)13(18)16-10-3-4-11(7-10)19-2/h5-6,10-11H,3-4,7,14H2,1-2H3,(H,15,17)(H,16,18). The van der Waals surface area contributed by atoms with Crippen molar-refractivity contribution < 1.29 is 9.53 Å². The molecule has 1 aromatic heterocycles. The van der Waals surface area contributed by atoms with Crippen molar-refractivity contribution in [3.63, 3.8) is 0 Å². The molecule has 4 N–H and O–H groups in total. The van der Waals surface area contributed by atoms with Gasteiger partial charge >= 0.3 is 0 Å². The highest BCUT2D eigenvalue weighted by atomic mass is 16.5. The minimum absolute atomic E-state index is 0.0937. The highest BCUT2D eigenvalue weighted by Crippen LogP contribution is 2.22. The van der Waals surface area contributed by atoms with E-state index >= 15 is 0 Å². The third-order valence-corrected chi connectivity index (χ3v) is 3.42. The molecule has 2 unspecified atom stereocenters. The second-order valence-corrected chi connectivity index (χ2v) is 4.87. The fourth-order valence-electron chi connectivity index (χ4n) is 2.43. The summed E-state index contributed by atoms with van der Waals surface area (Å²) in [7, 11) is 1.71. The van der Waals surface area contributed by atoms with Crippen molar-refractivity contribution in [2.24, 2.45) is 5.84 Å². The van der Waals surface area contributed by atoms with Crippen LogP contribution in [-0.2, 0) is 4.74 Å². The number of methoxy groups -OCH3 is 1. The van der Waals surface area contributed by atoms with Crippen molar-refractivity contribution in [1.29, 1.82) is 0 Å². The number of carbonyl (C=O) groups is 1. The van der Waals surface area contributed by atoms with E-state index in [9.17, 15) is 4.79 Å². The normalized spacial score (nSPS) is 22.3. The van der Waals surface area contributed by atoms with Gasteiger partial charge in [0.1, 0.15) is 5.82 Å². The van der Waals surface area contributed by atoms with Crippen LogP contribution in [0, 0.1) is 6.92 Å². The van der Waals surface area contributed by atoms with Crippen LogP contribution in [0.4, 0.5) is 5.82 Å². The molecule has 1 aliphatic carbocycles. The van der Waals surface area contributed by atoms with Gasteiger partial charge in [-0.15, -0.1) is 0 Å². The fraction of sp³-hybridized carbons (Fsp3) is 0.538. The lowest BCUT2D eigenvalue weighted by atomic mass is 10.2. The molecule has 0 spiro atoms. The number of hydrogen-bond acceptors (Lipinski definition) is 5. The Kier molecular flexibility index (Phi) is 4.34. The minimum atomic E-state index is -0.0937. The Balaban J connectivity index is 2.02. The van der Waals surface area contributed by atoms with Gasteiger partial charge in [-0.3, -0.25) is 4.79 Å². The number of ether oxygens (including phenoxy) is 1. The van der Waals surface area contributed by atoms with Gasteiger partial charge in [0, 0.05) is 24.4 Å². The Morgan fingerprint density at radius 3 is 2.89 bits per heavy atom. The van der Waals surface area contributed by atoms with E-state index in [2.05, 4.69) is 15.7 Å². The average molecular weight is 264 g/mol. The van der Waals surface area contributed by atoms with E-state index in [0.717, 1.165) is 25.0 Å². The lowest BCUT2D eigenvalue weighted by molar-refractivity contribution is 0.0915. The number of nitrogens with two attached hydrogens (primary N) is 1. The van der Waals surface area contributed by atoms with Crippen LogP contribution in [0.3, 0.4) is 0 Å². The third kappa shape index (κ3) is 3.42. The summed E-state index contributed by atoms with van der Waals surface area (Å²) < 4.78 is 5.30. The van der Waals surface area contributed by atoms with E-state index in [4.69, 9.17) is 10.6 Å². The Morgan fingerprint density at radius 1 is 1.47 bits per heavy atom. The van der Waals surface area contributed by atoms with Gasteiger partial charge in [-0.05, 0) is 38.3 Å². The van der Waals surface area contributed by atoms with E-state index in [0.29, 0.717) is 11.4 Å². The molecule has 1 aliphatic rings. The van der Waals surface area contributed by atoms with Crippen molar-refractivity contribution in [3.8, 4) is 0 Å². The van der Waals surface area contributed by atoms with Crippen LogP contribution < -0.4 is 16.6 Å². The Labute approximate surface area is 112 Å². The first-order valence-corrected chi connectivity index (χ1v) is 6.41. The number of aryl methyl sites for hydroxylation is 1. The van der Waals surface area contributed by atoms with E-state index in [1.54, 1.807) is 19.2 Å². The van der Waals surface area contributed by atoms with E-state index in [1.165, 1.54) is 0 Å². The molecule has 1 amide bonds. The van der Waals surface area contributed by atoms with Crippen LogP contribution in [-0.4, -0.2) is 30.1 Å². The number of nitrogen functional groups attached to an aromatic ring is 1. The van der Waals surface area contributed by atoms with Crippen LogP contribution in [0.15, 0.2) is 12.1 Å². The first-order chi connectivity index (χ1) is 9.12. The minimum Gasteiger partial charge on any atom is -0.381 e. The zero-order valence-electron chi connectivity index (χ0n) is 11.3. The Morgan fingerprint density at radius 2 is 2.26 bits per heavy atom. The largest absolute Gasteiger partial charge is 0.381 e. The summed E-state index contributed by atoms with van der Waals surface area (Å²) in [6, 6.07) is 3.57. The highest BCUT2D eigenvalue weighted by Gasteiger charge is 2.26. The summed E-state index contributed by atoms with van der Waals surface area (Å²) in [6.07, 6.45) is 3.07. The van der Waals surface area contributed by atoms with Crippen LogP contribution >= 0.6 is 0 Å². The molecule has 1 fully saturated rings. The average Bonchev–Trinajstić information content (AvgIpc) is 2.85. The highest BCUT2D eigenvalue weighted by molar-refractivity contribution is 5.95. The number of amides is 1. The number of nitrogens with one attached hydrogen (secondary N) is 2. The van der Waals surface area contributed by atoms with Crippen LogP contribution in [0.5, 0.6) is 0 Å². The molecule has 1 saturated carbocycles. The maximum absolute atomic E-state index is 12.2. The molecule has 6 heteroatoms. The summed E-state index contributed by atoms with van der Waals surface area (Å²) in [5, 5.41) is 3.02. The number of pyridine rings is 1. The van der Waals surface area contributed by atoms with Gasteiger partial charge in [-0.25, -0.2) is 10.8 Å². The molecule has 104 valence electrons. The zero-order valence-corrected chi connectivity index (χ0v) is 11.3. The number of anilines is 1. The predicted octanol–water partition coefficient (Wildman–Crippen LogP) is 0.973. The van der Waals surface area contributed by atoms with Gasteiger partial charge in [0.2, 0.25) is 0 Å². The number of hydrazine groups is 1. The van der Waals surface area contributed by atoms with Crippen LogP contribution in [0.2, 0.25) is 0 Å². The molecule has 6 nitrogen and oxygen atoms in total. The van der Waals surface area contributed by atoms with Gasteiger partial charge in [-0.2, -0.15) is 0 Å². The lowest BCUT2D eigenvalue weighted by Gasteiger charge is -2.13. The molecule has 0 radical (unpaired) electrons. The maximum atomic E-state index is 12.2. The van der Waals surface area contributed by atoms with Crippen molar-refractivity contribution >= 4 is 11.7 Å². The van der Waals surface area contributed by atoms with Gasteiger partial charge in [0.15, 0.2) is 0 Å². The molecule has 0 aliphatic heterocycles. The zero-order chi connectivity index (χ0) is 13.8. The van der Waals surface area contributed by atoms with E-state index in [1.807, 2.05) is 6.92 Å². The first-order valence-electron chi connectivity index (χ1n) is 6.41. The van der Waals surface area contributed by atoms with Crippen LogP contribution in [0.25, 0.3) is 0 Å². The quantitative estimate of drug-likeness (QED) is 0.557. The summed E-state index contributed by atoms with van der Waals surface area (Å²) in [4.78, 5) is 16.3. The van der Waals surface area contributed by atoms with Gasteiger partial charge in [-0.1, -0.05) is 0 Å². The lowest BCUT2D eigenvalue weighted by Crippen LogP contribution is -2.33. The molecular weight excluding hydrogens is 244 g/mol. The number of aromatic nitrogens is 1. The molecule has 1 aromatic rings. The van der Waals surface area contributed by atoms with Gasteiger partial charge < -0.3 is 15.5 Å². The molecule has 0 bridgehead atoms. The topological polar surface area (TPSA) is 89.3 Å². The van der Waals surface area contributed by atoms with Crippen molar-refractivity contribution in [1.82, 2.24) is 10.3 Å². The van der Waals surface area contributed by atoms with E-state index in [-0.39, 0.29) is 18.1 Å². The first kappa shape index (κ1) is 13.8. The summed E-state index contributed by atoms with van der Waals surface area (Å²) in [5.41, 5.74) is 3.78. The molecule has 19 heavy (non-hydrogen) atoms. The molecule has 0 aromatic carbocycles. The second kappa shape index (κ2) is 5.99. The Hall–Kier alpha value is -1.66. The molecular formula is C13H20N4O2. The molecule has 2 rings (SSSR count). The Bertz CT molecular complexity index is 464. The number of nitrogens with zero attached hydrogens (tertiary/aromatic N) is 1. The molecule has 0 saturated heterocycles. The van der Waals surface area contributed by atoms with Crippen molar-refractivity contribution in [2.75, 3.05) is 12.5 Å². The molecule has 2 atom stereocenters. The number of hydrogen-bond donors (Lipinski definition) is 3. The number of carbonyl (C=O) groups excluding carboxylic acids is 1. The smallest absolute Gasteiger partial charge is 0.251 e. The third-order valence-electron chi connectivity index (χ3n) is 3.42. The monoisotopic (exact) mass is 264 g/mol. The summed E-state index contributed by atoms with van der Waals surface area (Å²) >= 11 is 0. The van der Waals surface area contributed by atoms with Crippen LogP contribution in [0.1, 0.15) is 35.3 Å². The fourth-order valence-corrected chi connectivity index (χ4v) is 2.43. The van der Waals surface area contributed by atoms with Crippen molar-refractivity contribution in [2.45, 2.75) is 38.3 Å². The van der Waals surface area contributed by atoms with Gasteiger partial charge in [0.25, 0.3) is 5.91 Å². The number of rotatable bonds is 4. The predicted molar refractivity (Wildman–Crippen MR) is 72.7 cm³/mol. The van der Waals surface area contributed by atoms with Crippen molar-refractivity contribution in [3.05, 3.63) is 23.4 Å². The molecule has 1 heterocycles. The van der Waals surface area contributed by atoms with E-state index < -0.39 is 0 Å². The summed E-state index contributed by atoms with van der Waals surface area (Å²) in [6.45, 7) is 1.83. The van der Waals surface area contributed by atoms with Gasteiger partial charge in [0.05, 0.1) is 6.10 Å². The second-order valence-electron chi connectivity index (χ2n) is 4.87. The maximum Gasteiger partial charge on any atom is 0.251 e. The summed E-state index contributed by atoms with van der Waals surface area (Å²) in [5.74, 6) is 5.73. The SMILES string of the molecule is COC1CCC(NC(=O)c2cc(C)nc(NN)c2)C1.